The first-order valence-electron chi connectivity index (χ1n) is 6.51. The molecule has 0 spiro atoms. The molecule has 0 bridgehead atoms. The van der Waals surface area contributed by atoms with Gasteiger partial charge in [-0.1, -0.05) is 26.0 Å². The predicted octanol–water partition coefficient (Wildman–Crippen LogP) is 2.32. The van der Waals surface area contributed by atoms with Crippen LogP contribution in [0.4, 0.5) is 0 Å². The van der Waals surface area contributed by atoms with Crippen LogP contribution in [0, 0.1) is 12.8 Å². The minimum absolute atomic E-state index is 0.178. The highest BCUT2D eigenvalue weighted by atomic mass is 16.4. The molecule has 0 fully saturated rings. The maximum Gasteiger partial charge on any atom is 0.326 e. The van der Waals surface area contributed by atoms with Crippen LogP contribution < -0.4 is 5.32 Å². The lowest BCUT2D eigenvalue weighted by molar-refractivity contribution is -0.140. The number of hydrogen-bond donors (Lipinski definition) is 3. The summed E-state index contributed by atoms with van der Waals surface area (Å²) in [5, 5.41) is 12.6. The molecule has 0 aliphatic rings. The quantitative estimate of drug-likeness (QED) is 0.800. The summed E-state index contributed by atoms with van der Waals surface area (Å²) < 4.78 is 0. The van der Waals surface area contributed by atoms with Crippen molar-refractivity contribution in [1.82, 2.24) is 10.3 Å². The van der Waals surface area contributed by atoms with Crippen LogP contribution in [0.5, 0.6) is 0 Å². The molecule has 0 saturated heterocycles. The molecule has 0 aliphatic carbocycles. The van der Waals surface area contributed by atoms with Gasteiger partial charge < -0.3 is 15.4 Å². The molecule has 5 nitrogen and oxygen atoms in total. The SMILES string of the molecule is Cc1ccc2cc(C(=O)N[C@@H](C(=O)O)C(C)C)[nH]c2c1. The number of nitrogens with one attached hydrogen (secondary N) is 2. The summed E-state index contributed by atoms with van der Waals surface area (Å²) >= 11 is 0. The van der Waals surface area contributed by atoms with E-state index in [0.29, 0.717) is 5.69 Å². The van der Waals surface area contributed by atoms with Crippen molar-refractivity contribution in [2.45, 2.75) is 26.8 Å². The number of carboxylic acid groups (broad SMARTS) is 1. The lowest BCUT2D eigenvalue weighted by Gasteiger charge is -2.17. The average molecular weight is 274 g/mol. The number of carbonyl (C=O) groups excluding carboxylic acids is 1. The summed E-state index contributed by atoms with van der Waals surface area (Å²) in [5.41, 5.74) is 2.33. The van der Waals surface area contributed by atoms with Crippen LogP contribution in [-0.4, -0.2) is 28.0 Å². The molecule has 1 aromatic carbocycles. The van der Waals surface area contributed by atoms with Gasteiger partial charge in [0.25, 0.3) is 5.91 Å². The second-order valence-electron chi connectivity index (χ2n) is 5.31. The monoisotopic (exact) mass is 274 g/mol. The summed E-state index contributed by atoms with van der Waals surface area (Å²) in [4.78, 5) is 26.2. The number of rotatable bonds is 4. The minimum atomic E-state index is -1.03. The van der Waals surface area contributed by atoms with Crippen molar-refractivity contribution in [3.05, 3.63) is 35.5 Å². The van der Waals surface area contributed by atoms with Crippen LogP contribution in [0.1, 0.15) is 29.9 Å². The number of aryl methyl sites for hydroxylation is 1. The third-order valence-electron chi connectivity index (χ3n) is 3.24. The Balaban J connectivity index is 2.25. The molecule has 0 aliphatic heterocycles. The van der Waals surface area contributed by atoms with Gasteiger partial charge in [0.2, 0.25) is 0 Å². The number of H-pyrrole nitrogens is 1. The van der Waals surface area contributed by atoms with E-state index in [0.717, 1.165) is 16.5 Å². The van der Waals surface area contributed by atoms with E-state index in [4.69, 9.17) is 5.11 Å². The number of hydrogen-bond acceptors (Lipinski definition) is 2. The average Bonchev–Trinajstić information content (AvgIpc) is 2.77. The fourth-order valence-electron chi connectivity index (χ4n) is 2.10. The Kier molecular flexibility index (Phi) is 3.79. The lowest BCUT2D eigenvalue weighted by Crippen LogP contribution is -2.44. The topological polar surface area (TPSA) is 82.2 Å². The molecule has 0 unspecified atom stereocenters. The van der Waals surface area contributed by atoms with Crippen molar-refractivity contribution in [3.63, 3.8) is 0 Å². The molecule has 1 aromatic heterocycles. The fraction of sp³-hybridized carbons (Fsp3) is 0.333. The number of carbonyl (C=O) groups is 2. The number of fused-ring (bicyclic) bond motifs is 1. The summed E-state index contributed by atoms with van der Waals surface area (Å²) in [7, 11) is 0. The maximum atomic E-state index is 12.1. The highest BCUT2D eigenvalue weighted by Crippen LogP contribution is 2.17. The second kappa shape index (κ2) is 5.36. The Morgan fingerprint density at radius 1 is 1.25 bits per heavy atom. The van der Waals surface area contributed by atoms with E-state index < -0.39 is 17.9 Å². The van der Waals surface area contributed by atoms with Crippen LogP contribution in [-0.2, 0) is 4.79 Å². The summed E-state index contributed by atoms with van der Waals surface area (Å²) in [6.45, 7) is 5.49. The number of aromatic nitrogens is 1. The fourth-order valence-corrected chi connectivity index (χ4v) is 2.10. The summed E-state index contributed by atoms with van der Waals surface area (Å²) in [5.74, 6) is -1.61. The van der Waals surface area contributed by atoms with Gasteiger partial charge >= 0.3 is 5.97 Å². The minimum Gasteiger partial charge on any atom is -0.480 e. The molecule has 0 saturated carbocycles. The largest absolute Gasteiger partial charge is 0.480 e. The van der Waals surface area contributed by atoms with Crippen molar-refractivity contribution in [2.24, 2.45) is 5.92 Å². The van der Waals surface area contributed by atoms with E-state index in [2.05, 4.69) is 10.3 Å². The third-order valence-corrected chi connectivity index (χ3v) is 3.24. The van der Waals surface area contributed by atoms with Gasteiger partial charge in [-0.05, 0) is 30.5 Å². The van der Waals surface area contributed by atoms with E-state index in [1.54, 1.807) is 19.9 Å². The standard InChI is InChI=1S/C15H18N2O3/c1-8(2)13(15(19)20)17-14(18)12-7-10-5-4-9(3)6-11(10)16-12/h4-8,13,16H,1-3H3,(H,17,18)(H,19,20)/t13-/m1/s1. The molecular weight excluding hydrogens is 256 g/mol. The van der Waals surface area contributed by atoms with Gasteiger partial charge in [-0.25, -0.2) is 4.79 Å². The van der Waals surface area contributed by atoms with Gasteiger partial charge in [-0.3, -0.25) is 4.79 Å². The van der Waals surface area contributed by atoms with E-state index >= 15 is 0 Å². The van der Waals surface area contributed by atoms with Crippen molar-refractivity contribution in [3.8, 4) is 0 Å². The first kappa shape index (κ1) is 14.1. The molecule has 1 heterocycles. The number of aromatic amines is 1. The summed E-state index contributed by atoms with van der Waals surface area (Å²) in [6, 6.07) is 6.67. The van der Waals surface area contributed by atoms with Gasteiger partial charge in [0.15, 0.2) is 0 Å². The van der Waals surface area contributed by atoms with Crippen molar-refractivity contribution >= 4 is 22.8 Å². The molecule has 1 atom stereocenters. The molecule has 106 valence electrons. The zero-order chi connectivity index (χ0) is 14.9. The van der Waals surface area contributed by atoms with Gasteiger partial charge in [0.1, 0.15) is 11.7 Å². The third kappa shape index (κ3) is 2.82. The zero-order valence-corrected chi connectivity index (χ0v) is 11.7. The Morgan fingerprint density at radius 3 is 2.55 bits per heavy atom. The van der Waals surface area contributed by atoms with Crippen LogP contribution in [0.25, 0.3) is 10.9 Å². The molecule has 5 heteroatoms. The normalized spacial score (nSPS) is 12.6. The Hall–Kier alpha value is -2.30. The molecule has 3 N–H and O–H groups in total. The number of aliphatic carboxylic acids is 1. The molecule has 0 radical (unpaired) electrons. The summed E-state index contributed by atoms with van der Waals surface area (Å²) in [6.07, 6.45) is 0. The van der Waals surface area contributed by atoms with Crippen molar-refractivity contribution in [2.75, 3.05) is 0 Å². The number of amides is 1. The van der Waals surface area contributed by atoms with Crippen LogP contribution in [0.15, 0.2) is 24.3 Å². The Labute approximate surface area is 117 Å². The lowest BCUT2D eigenvalue weighted by atomic mass is 10.0. The van der Waals surface area contributed by atoms with Gasteiger partial charge in [0.05, 0.1) is 0 Å². The van der Waals surface area contributed by atoms with Crippen LogP contribution in [0.2, 0.25) is 0 Å². The second-order valence-corrected chi connectivity index (χ2v) is 5.31. The highest BCUT2D eigenvalue weighted by molar-refractivity contribution is 5.99. The molecule has 2 rings (SSSR count). The van der Waals surface area contributed by atoms with Crippen LogP contribution >= 0.6 is 0 Å². The molecule has 20 heavy (non-hydrogen) atoms. The van der Waals surface area contributed by atoms with Crippen LogP contribution in [0.3, 0.4) is 0 Å². The van der Waals surface area contributed by atoms with E-state index in [-0.39, 0.29) is 5.92 Å². The predicted molar refractivity (Wildman–Crippen MR) is 76.8 cm³/mol. The van der Waals surface area contributed by atoms with Gasteiger partial charge in [0, 0.05) is 10.9 Å². The van der Waals surface area contributed by atoms with Crippen molar-refractivity contribution < 1.29 is 14.7 Å². The molecular formula is C15H18N2O3. The van der Waals surface area contributed by atoms with Crippen molar-refractivity contribution in [1.29, 1.82) is 0 Å². The Morgan fingerprint density at radius 2 is 1.95 bits per heavy atom. The first-order chi connectivity index (χ1) is 9.38. The van der Waals surface area contributed by atoms with Gasteiger partial charge in [-0.2, -0.15) is 0 Å². The maximum absolute atomic E-state index is 12.1. The van der Waals surface area contributed by atoms with E-state index in [1.165, 1.54) is 0 Å². The smallest absolute Gasteiger partial charge is 0.326 e. The molecule has 2 aromatic rings. The molecule has 1 amide bonds. The Bertz CT molecular complexity index is 658. The van der Waals surface area contributed by atoms with Gasteiger partial charge in [-0.15, -0.1) is 0 Å². The van der Waals surface area contributed by atoms with E-state index in [1.807, 2.05) is 25.1 Å². The highest BCUT2D eigenvalue weighted by Gasteiger charge is 2.24. The first-order valence-corrected chi connectivity index (χ1v) is 6.51. The number of benzene rings is 1. The zero-order valence-electron chi connectivity index (χ0n) is 11.7. The van der Waals surface area contributed by atoms with E-state index in [9.17, 15) is 9.59 Å². The number of carboxylic acids is 1.